The van der Waals surface area contributed by atoms with Crippen LogP contribution in [0.1, 0.15) is 18.9 Å². The zero-order chi connectivity index (χ0) is 11.6. The van der Waals surface area contributed by atoms with Crippen LogP contribution < -0.4 is 4.74 Å². The molecule has 0 N–H and O–H groups in total. The molecule has 2 nitrogen and oxygen atoms in total. The number of halogens is 1. The van der Waals surface area contributed by atoms with Crippen molar-refractivity contribution in [3.05, 3.63) is 29.8 Å². The van der Waals surface area contributed by atoms with Crippen molar-refractivity contribution in [1.82, 2.24) is 0 Å². The summed E-state index contributed by atoms with van der Waals surface area (Å²) in [5, 5.41) is 0. The van der Waals surface area contributed by atoms with E-state index in [4.69, 9.17) is 21.1 Å². The van der Waals surface area contributed by atoms with E-state index in [1.807, 2.05) is 12.1 Å². The molecule has 0 aliphatic rings. The Morgan fingerprint density at radius 3 is 2.44 bits per heavy atom. The van der Waals surface area contributed by atoms with E-state index < -0.39 is 0 Å². The van der Waals surface area contributed by atoms with Crippen LogP contribution in [0.5, 0.6) is 5.75 Å². The third kappa shape index (κ3) is 5.38. The maximum absolute atomic E-state index is 5.52. The first kappa shape index (κ1) is 13.3. The summed E-state index contributed by atoms with van der Waals surface area (Å²) in [5.74, 6) is 1.43. The van der Waals surface area contributed by atoms with Crippen molar-refractivity contribution in [3.8, 4) is 5.75 Å². The monoisotopic (exact) mass is 242 g/mol. The molecule has 0 amide bonds. The molecule has 0 unspecified atom stereocenters. The minimum Gasteiger partial charge on any atom is -0.491 e. The van der Waals surface area contributed by atoms with Gasteiger partial charge in [-0.2, -0.15) is 0 Å². The van der Waals surface area contributed by atoms with Crippen molar-refractivity contribution in [1.29, 1.82) is 0 Å². The lowest BCUT2D eigenvalue weighted by Gasteiger charge is -2.07. The smallest absolute Gasteiger partial charge is 0.119 e. The fourth-order valence-electron chi connectivity index (χ4n) is 1.42. The molecule has 3 heteroatoms. The molecular formula is C13H19ClO2. The summed E-state index contributed by atoms with van der Waals surface area (Å²) in [7, 11) is 0. The van der Waals surface area contributed by atoms with Gasteiger partial charge in [-0.15, -0.1) is 11.6 Å². The van der Waals surface area contributed by atoms with Gasteiger partial charge < -0.3 is 9.47 Å². The predicted molar refractivity (Wildman–Crippen MR) is 67.5 cm³/mol. The minimum absolute atomic E-state index is 0.533. The van der Waals surface area contributed by atoms with Gasteiger partial charge in [0.05, 0.1) is 13.2 Å². The van der Waals surface area contributed by atoms with Crippen LogP contribution in [-0.4, -0.2) is 25.7 Å². The van der Waals surface area contributed by atoms with Crippen molar-refractivity contribution >= 4 is 11.6 Å². The Kier molecular flexibility index (Phi) is 7.02. The fraction of sp³-hybridized carbons (Fsp3) is 0.538. The number of alkyl halides is 1. The molecule has 0 fully saturated rings. The molecular weight excluding hydrogens is 224 g/mol. The van der Waals surface area contributed by atoms with Gasteiger partial charge in [-0.25, -0.2) is 0 Å². The van der Waals surface area contributed by atoms with Gasteiger partial charge in [-0.05, 0) is 24.1 Å². The summed E-state index contributed by atoms with van der Waals surface area (Å²) < 4.78 is 10.7. The highest BCUT2D eigenvalue weighted by Gasteiger charge is 1.95. The van der Waals surface area contributed by atoms with Gasteiger partial charge in [0.25, 0.3) is 0 Å². The molecule has 1 rings (SSSR count). The SMILES string of the molecule is CCCc1ccc(OCCOCCCl)cc1. The Hall–Kier alpha value is -0.730. The molecule has 1 aromatic carbocycles. The lowest BCUT2D eigenvalue weighted by Crippen LogP contribution is -2.07. The van der Waals surface area contributed by atoms with Gasteiger partial charge in [-0.3, -0.25) is 0 Å². The van der Waals surface area contributed by atoms with E-state index in [9.17, 15) is 0 Å². The summed E-state index contributed by atoms with van der Waals surface area (Å²) >= 11 is 5.48. The topological polar surface area (TPSA) is 18.5 Å². The van der Waals surface area contributed by atoms with Crippen LogP contribution in [0.15, 0.2) is 24.3 Å². The Morgan fingerprint density at radius 2 is 1.81 bits per heavy atom. The second-order valence-electron chi connectivity index (χ2n) is 3.54. The summed E-state index contributed by atoms with van der Waals surface area (Å²) in [4.78, 5) is 0. The molecule has 1 aromatic rings. The zero-order valence-corrected chi connectivity index (χ0v) is 10.5. The first-order valence-electron chi connectivity index (χ1n) is 5.72. The molecule has 0 saturated heterocycles. The quantitative estimate of drug-likeness (QED) is 0.515. The van der Waals surface area contributed by atoms with Gasteiger partial charge in [0.2, 0.25) is 0 Å². The molecule has 0 bridgehead atoms. The molecule has 0 atom stereocenters. The lowest BCUT2D eigenvalue weighted by atomic mass is 10.1. The molecule has 0 aromatic heterocycles. The summed E-state index contributed by atoms with van der Waals surface area (Å²) in [6.45, 7) is 3.92. The van der Waals surface area contributed by atoms with E-state index in [0.717, 1.165) is 12.2 Å². The summed E-state index contributed by atoms with van der Waals surface area (Å²) in [5.41, 5.74) is 1.35. The normalized spacial score (nSPS) is 10.4. The van der Waals surface area contributed by atoms with Gasteiger partial charge in [0.15, 0.2) is 0 Å². The summed E-state index contributed by atoms with van der Waals surface area (Å²) in [6.07, 6.45) is 2.30. The van der Waals surface area contributed by atoms with Crippen LogP contribution in [0.25, 0.3) is 0 Å². The average molecular weight is 243 g/mol. The molecule has 0 heterocycles. The van der Waals surface area contributed by atoms with Crippen molar-refractivity contribution in [2.24, 2.45) is 0 Å². The van der Waals surface area contributed by atoms with Gasteiger partial charge >= 0.3 is 0 Å². The molecule has 90 valence electrons. The minimum atomic E-state index is 0.533. The average Bonchev–Trinajstić information content (AvgIpc) is 2.31. The second kappa shape index (κ2) is 8.43. The number of hydrogen-bond donors (Lipinski definition) is 0. The van der Waals surface area contributed by atoms with Crippen molar-refractivity contribution < 1.29 is 9.47 Å². The Balaban J connectivity index is 2.21. The summed E-state index contributed by atoms with van der Waals surface area (Å²) in [6, 6.07) is 8.23. The maximum Gasteiger partial charge on any atom is 0.119 e. The highest BCUT2D eigenvalue weighted by molar-refractivity contribution is 6.17. The van der Waals surface area contributed by atoms with E-state index in [2.05, 4.69) is 19.1 Å². The molecule has 0 aliphatic heterocycles. The van der Waals surface area contributed by atoms with E-state index in [0.29, 0.717) is 25.7 Å². The first-order valence-corrected chi connectivity index (χ1v) is 6.25. The van der Waals surface area contributed by atoms with Crippen LogP contribution in [0.4, 0.5) is 0 Å². The standard InChI is InChI=1S/C13H19ClO2/c1-2-3-12-4-6-13(7-5-12)16-11-10-15-9-8-14/h4-7H,2-3,8-11H2,1H3. The molecule has 0 aliphatic carbocycles. The highest BCUT2D eigenvalue weighted by atomic mass is 35.5. The third-order valence-corrected chi connectivity index (χ3v) is 2.33. The Bertz CT molecular complexity index is 272. The van der Waals surface area contributed by atoms with Crippen molar-refractivity contribution in [2.45, 2.75) is 19.8 Å². The lowest BCUT2D eigenvalue weighted by molar-refractivity contribution is 0.111. The molecule has 0 radical (unpaired) electrons. The van der Waals surface area contributed by atoms with Gasteiger partial charge in [0, 0.05) is 5.88 Å². The first-order chi connectivity index (χ1) is 7.86. The Morgan fingerprint density at radius 1 is 1.06 bits per heavy atom. The van der Waals surface area contributed by atoms with E-state index in [1.54, 1.807) is 0 Å². The number of rotatable bonds is 8. The second-order valence-corrected chi connectivity index (χ2v) is 3.92. The van der Waals surface area contributed by atoms with Crippen LogP contribution >= 0.6 is 11.6 Å². The van der Waals surface area contributed by atoms with Crippen LogP contribution in [0.2, 0.25) is 0 Å². The van der Waals surface area contributed by atoms with Crippen molar-refractivity contribution in [3.63, 3.8) is 0 Å². The highest BCUT2D eigenvalue weighted by Crippen LogP contribution is 2.13. The van der Waals surface area contributed by atoms with E-state index in [1.165, 1.54) is 12.0 Å². The van der Waals surface area contributed by atoms with Gasteiger partial charge in [0.1, 0.15) is 12.4 Å². The van der Waals surface area contributed by atoms with Crippen molar-refractivity contribution in [2.75, 3.05) is 25.7 Å². The van der Waals surface area contributed by atoms with Gasteiger partial charge in [-0.1, -0.05) is 25.5 Å². The number of aryl methyl sites for hydroxylation is 1. The fourth-order valence-corrected chi connectivity index (χ4v) is 1.53. The van der Waals surface area contributed by atoms with E-state index >= 15 is 0 Å². The zero-order valence-electron chi connectivity index (χ0n) is 9.75. The maximum atomic E-state index is 5.52. The largest absolute Gasteiger partial charge is 0.491 e. The number of ether oxygens (including phenoxy) is 2. The number of benzene rings is 1. The van der Waals surface area contributed by atoms with Crippen LogP contribution in [-0.2, 0) is 11.2 Å². The number of hydrogen-bond acceptors (Lipinski definition) is 2. The van der Waals surface area contributed by atoms with E-state index in [-0.39, 0.29) is 0 Å². The third-order valence-electron chi connectivity index (χ3n) is 2.18. The predicted octanol–water partition coefficient (Wildman–Crippen LogP) is 3.27. The molecule has 16 heavy (non-hydrogen) atoms. The molecule has 0 saturated carbocycles. The van der Waals surface area contributed by atoms with Crippen LogP contribution in [0, 0.1) is 0 Å². The molecule has 0 spiro atoms. The van der Waals surface area contributed by atoms with Crippen LogP contribution in [0.3, 0.4) is 0 Å². The Labute approximate surface area is 103 Å².